The lowest BCUT2D eigenvalue weighted by Gasteiger charge is -2.16. The van der Waals surface area contributed by atoms with Gasteiger partial charge in [0.05, 0.1) is 5.92 Å². The van der Waals surface area contributed by atoms with Gasteiger partial charge >= 0.3 is 0 Å². The summed E-state index contributed by atoms with van der Waals surface area (Å²) in [5.41, 5.74) is 1.56. The van der Waals surface area contributed by atoms with Gasteiger partial charge in [-0.2, -0.15) is 0 Å². The van der Waals surface area contributed by atoms with Crippen molar-refractivity contribution in [1.82, 2.24) is 10.3 Å². The van der Waals surface area contributed by atoms with E-state index in [-0.39, 0.29) is 24.1 Å². The van der Waals surface area contributed by atoms with Crippen LogP contribution in [-0.2, 0) is 16.1 Å². The van der Waals surface area contributed by atoms with Crippen molar-refractivity contribution in [3.63, 3.8) is 0 Å². The molecule has 3 rings (SSSR count). The molecule has 0 bridgehead atoms. The van der Waals surface area contributed by atoms with E-state index in [9.17, 15) is 14.0 Å². The quantitative estimate of drug-likeness (QED) is 0.937. The van der Waals surface area contributed by atoms with E-state index < -0.39 is 5.92 Å². The topological polar surface area (TPSA) is 62.3 Å². The molecule has 5 nitrogen and oxygen atoms in total. The predicted octanol–water partition coefficient (Wildman–Crippen LogP) is 1.89. The Labute approximate surface area is 133 Å². The molecule has 1 aromatic heterocycles. The Morgan fingerprint density at radius 3 is 2.61 bits per heavy atom. The highest BCUT2D eigenvalue weighted by molar-refractivity contribution is 6.00. The number of halogens is 1. The Balaban J connectivity index is 1.60. The first-order chi connectivity index (χ1) is 11.1. The van der Waals surface area contributed by atoms with Crippen LogP contribution in [0.3, 0.4) is 0 Å². The molecular weight excluding hydrogens is 297 g/mol. The molecule has 2 amide bonds. The third kappa shape index (κ3) is 3.53. The lowest BCUT2D eigenvalue weighted by molar-refractivity contribution is -0.126. The molecule has 2 heterocycles. The molecule has 1 N–H and O–H groups in total. The maximum atomic E-state index is 13.0. The molecular formula is C17H16FN3O2. The summed E-state index contributed by atoms with van der Waals surface area (Å²) in [6, 6.07) is 9.35. The Kier molecular flexibility index (Phi) is 4.32. The Hall–Kier alpha value is -2.76. The van der Waals surface area contributed by atoms with Gasteiger partial charge in [0.1, 0.15) is 5.82 Å². The number of hydrogen-bond donors (Lipinski definition) is 1. The first-order valence-electron chi connectivity index (χ1n) is 7.36. The van der Waals surface area contributed by atoms with Crippen molar-refractivity contribution in [3.05, 3.63) is 60.2 Å². The average molecular weight is 313 g/mol. The van der Waals surface area contributed by atoms with E-state index in [2.05, 4.69) is 10.3 Å². The first kappa shape index (κ1) is 15.1. The Bertz CT molecular complexity index is 704. The van der Waals surface area contributed by atoms with Crippen LogP contribution < -0.4 is 10.2 Å². The van der Waals surface area contributed by atoms with Crippen LogP contribution in [0.2, 0.25) is 0 Å². The molecule has 6 heteroatoms. The standard InChI is InChI=1S/C17H16FN3O2/c18-14-1-3-15(4-2-14)21-11-13(9-16(21)22)17(23)20-10-12-5-7-19-8-6-12/h1-8,13H,9-11H2,(H,20,23)/t13-/m1/s1. The molecule has 23 heavy (non-hydrogen) atoms. The monoisotopic (exact) mass is 313 g/mol. The summed E-state index contributed by atoms with van der Waals surface area (Å²) in [6.07, 6.45) is 3.49. The SMILES string of the molecule is O=C(NCc1ccncc1)[C@@H]1CC(=O)N(c2ccc(F)cc2)C1. The van der Waals surface area contributed by atoms with Gasteiger partial charge in [-0.05, 0) is 42.0 Å². The Morgan fingerprint density at radius 1 is 1.22 bits per heavy atom. The maximum Gasteiger partial charge on any atom is 0.227 e. The van der Waals surface area contributed by atoms with Crippen molar-refractivity contribution in [3.8, 4) is 0 Å². The number of benzene rings is 1. The van der Waals surface area contributed by atoms with E-state index in [0.717, 1.165) is 5.56 Å². The van der Waals surface area contributed by atoms with E-state index in [1.165, 1.54) is 17.0 Å². The number of pyridine rings is 1. The lowest BCUT2D eigenvalue weighted by atomic mass is 10.1. The number of rotatable bonds is 4. The van der Waals surface area contributed by atoms with E-state index in [0.29, 0.717) is 18.8 Å². The minimum atomic E-state index is -0.394. The normalized spacial score (nSPS) is 17.3. The van der Waals surface area contributed by atoms with Crippen LogP contribution in [0.25, 0.3) is 0 Å². The van der Waals surface area contributed by atoms with E-state index in [1.807, 2.05) is 12.1 Å². The first-order valence-corrected chi connectivity index (χ1v) is 7.36. The summed E-state index contributed by atoms with van der Waals surface area (Å²) >= 11 is 0. The summed E-state index contributed by atoms with van der Waals surface area (Å²) in [5.74, 6) is -1.03. The number of nitrogens with one attached hydrogen (secondary N) is 1. The summed E-state index contributed by atoms with van der Waals surface area (Å²) < 4.78 is 13.0. The van der Waals surface area contributed by atoms with Gasteiger partial charge in [-0.25, -0.2) is 4.39 Å². The molecule has 0 unspecified atom stereocenters. The number of nitrogens with zero attached hydrogens (tertiary/aromatic N) is 2. The van der Waals surface area contributed by atoms with Crippen LogP contribution in [0.1, 0.15) is 12.0 Å². The third-order valence-electron chi connectivity index (χ3n) is 3.85. The molecule has 1 aromatic carbocycles. The fraction of sp³-hybridized carbons (Fsp3) is 0.235. The molecule has 1 saturated heterocycles. The van der Waals surface area contributed by atoms with E-state index >= 15 is 0 Å². The van der Waals surface area contributed by atoms with Gasteiger partial charge in [-0.1, -0.05) is 0 Å². The van der Waals surface area contributed by atoms with Gasteiger partial charge in [0, 0.05) is 37.6 Å². The maximum absolute atomic E-state index is 13.0. The van der Waals surface area contributed by atoms with Crippen LogP contribution in [-0.4, -0.2) is 23.3 Å². The smallest absolute Gasteiger partial charge is 0.227 e. The molecule has 2 aromatic rings. The average Bonchev–Trinajstić information content (AvgIpc) is 2.96. The second-order valence-electron chi connectivity index (χ2n) is 5.46. The highest BCUT2D eigenvalue weighted by Crippen LogP contribution is 2.25. The summed E-state index contributed by atoms with van der Waals surface area (Å²) in [7, 11) is 0. The number of aromatic nitrogens is 1. The van der Waals surface area contributed by atoms with Gasteiger partial charge in [0.2, 0.25) is 11.8 Å². The zero-order valence-corrected chi connectivity index (χ0v) is 12.4. The number of anilines is 1. The zero-order valence-electron chi connectivity index (χ0n) is 12.4. The van der Waals surface area contributed by atoms with Gasteiger partial charge < -0.3 is 10.2 Å². The molecule has 1 aliphatic rings. The molecule has 0 saturated carbocycles. The minimum absolute atomic E-state index is 0.124. The fourth-order valence-electron chi connectivity index (χ4n) is 2.59. The summed E-state index contributed by atoms with van der Waals surface area (Å²) in [5, 5.41) is 2.84. The highest BCUT2D eigenvalue weighted by atomic mass is 19.1. The second kappa shape index (κ2) is 6.56. The molecule has 0 spiro atoms. The van der Waals surface area contributed by atoms with Crippen molar-refractivity contribution < 1.29 is 14.0 Å². The Morgan fingerprint density at radius 2 is 1.91 bits per heavy atom. The predicted molar refractivity (Wildman–Crippen MR) is 82.9 cm³/mol. The summed E-state index contributed by atoms with van der Waals surface area (Å²) in [4.78, 5) is 29.8. The summed E-state index contributed by atoms with van der Waals surface area (Å²) in [6.45, 7) is 0.717. The zero-order chi connectivity index (χ0) is 16.2. The van der Waals surface area contributed by atoms with Crippen LogP contribution >= 0.6 is 0 Å². The van der Waals surface area contributed by atoms with Crippen molar-refractivity contribution in [2.24, 2.45) is 5.92 Å². The van der Waals surface area contributed by atoms with Gasteiger partial charge in [-0.3, -0.25) is 14.6 Å². The van der Waals surface area contributed by atoms with Gasteiger partial charge in [-0.15, -0.1) is 0 Å². The second-order valence-corrected chi connectivity index (χ2v) is 5.46. The molecule has 1 atom stereocenters. The molecule has 1 fully saturated rings. The van der Waals surface area contributed by atoms with Crippen LogP contribution in [0.5, 0.6) is 0 Å². The van der Waals surface area contributed by atoms with Crippen molar-refractivity contribution in [2.75, 3.05) is 11.4 Å². The molecule has 1 aliphatic heterocycles. The molecule has 0 aliphatic carbocycles. The number of amides is 2. The molecule has 0 radical (unpaired) electrons. The minimum Gasteiger partial charge on any atom is -0.352 e. The fourth-order valence-corrected chi connectivity index (χ4v) is 2.59. The van der Waals surface area contributed by atoms with Gasteiger partial charge in [0.25, 0.3) is 0 Å². The number of carbonyl (C=O) groups excluding carboxylic acids is 2. The van der Waals surface area contributed by atoms with Gasteiger partial charge in [0.15, 0.2) is 0 Å². The van der Waals surface area contributed by atoms with E-state index in [1.54, 1.807) is 24.5 Å². The van der Waals surface area contributed by atoms with Crippen LogP contribution in [0.4, 0.5) is 10.1 Å². The van der Waals surface area contributed by atoms with Crippen LogP contribution in [0.15, 0.2) is 48.8 Å². The number of carbonyl (C=O) groups is 2. The van der Waals surface area contributed by atoms with Crippen molar-refractivity contribution in [2.45, 2.75) is 13.0 Å². The highest BCUT2D eigenvalue weighted by Gasteiger charge is 2.34. The van der Waals surface area contributed by atoms with Crippen molar-refractivity contribution >= 4 is 17.5 Å². The molecule has 118 valence electrons. The van der Waals surface area contributed by atoms with E-state index in [4.69, 9.17) is 0 Å². The van der Waals surface area contributed by atoms with Crippen molar-refractivity contribution in [1.29, 1.82) is 0 Å². The lowest BCUT2D eigenvalue weighted by Crippen LogP contribution is -2.32. The van der Waals surface area contributed by atoms with Crippen LogP contribution in [0, 0.1) is 11.7 Å². The largest absolute Gasteiger partial charge is 0.352 e. The number of hydrogen-bond acceptors (Lipinski definition) is 3. The third-order valence-corrected chi connectivity index (χ3v) is 3.85.